The number of likely N-dealkylation sites (N-methyl/N-ethyl adjacent to an activating group) is 1. The van der Waals surface area contributed by atoms with Gasteiger partial charge in [0, 0.05) is 5.02 Å². The lowest BCUT2D eigenvalue weighted by Gasteiger charge is -2.21. The summed E-state index contributed by atoms with van der Waals surface area (Å²) in [7, 11) is 3.76. The molecule has 0 aliphatic rings. The highest BCUT2D eigenvalue weighted by molar-refractivity contribution is 6.30. The van der Waals surface area contributed by atoms with Gasteiger partial charge < -0.3 is 0 Å². The third kappa shape index (κ3) is 4.33. The van der Waals surface area contributed by atoms with Crippen LogP contribution in [0, 0.1) is 0 Å². The molecule has 0 aliphatic heterocycles. The zero-order chi connectivity index (χ0) is 12.7. The number of Topliss-reactive ketones (excluding diaryl/α,β-unsaturated/α-hetero) is 1. The van der Waals surface area contributed by atoms with E-state index in [0.29, 0.717) is 5.02 Å². The first-order valence-electron chi connectivity index (χ1n) is 5.44. The van der Waals surface area contributed by atoms with Crippen LogP contribution in [-0.4, -0.2) is 24.8 Å². The summed E-state index contributed by atoms with van der Waals surface area (Å²) < 4.78 is 0. The Kier molecular flexibility index (Phi) is 7.02. The minimum absolute atomic E-state index is 0.122. The molecule has 0 saturated carbocycles. The van der Waals surface area contributed by atoms with Crippen molar-refractivity contribution in [2.24, 2.45) is 0 Å². The second kappa shape index (κ2) is 7.42. The Labute approximate surface area is 103 Å². The second-order valence-corrected chi connectivity index (χ2v) is 3.97. The van der Waals surface area contributed by atoms with E-state index < -0.39 is 0 Å². The van der Waals surface area contributed by atoms with E-state index in [9.17, 15) is 4.79 Å². The van der Waals surface area contributed by atoms with Crippen molar-refractivity contribution in [2.75, 3.05) is 14.1 Å². The highest BCUT2D eigenvalue weighted by atomic mass is 35.5. The molecule has 0 fully saturated rings. The molecule has 0 bridgehead atoms. The monoisotopic (exact) mass is 241 g/mol. The fourth-order valence-corrected chi connectivity index (χ4v) is 1.77. The van der Waals surface area contributed by atoms with E-state index in [1.54, 1.807) is 13.0 Å². The molecule has 0 saturated heterocycles. The molecule has 0 N–H and O–H groups in total. The number of carbonyl (C=O) groups is 1. The quantitative estimate of drug-likeness (QED) is 0.807. The number of halogens is 1. The van der Waals surface area contributed by atoms with Gasteiger partial charge in [0.15, 0.2) is 5.78 Å². The zero-order valence-corrected chi connectivity index (χ0v) is 11.4. The highest BCUT2D eigenvalue weighted by Crippen LogP contribution is 2.21. The van der Waals surface area contributed by atoms with Gasteiger partial charge in [-0.1, -0.05) is 37.6 Å². The van der Waals surface area contributed by atoms with E-state index in [0.717, 1.165) is 5.56 Å². The lowest BCUT2D eigenvalue weighted by Crippen LogP contribution is -2.25. The maximum atomic E-state index is 11.4. The lowest BCUT2D eigenvalue weighted by molar-refractivity contribution is -0.121. The Balaban J connectivity index is 0.00000106. The molecule has 1 aromatic rings. The standard InChI is InChI=1S/C11H14ClNO.C2H6/c1-8(14)11(13(2)3)9-5-4-6-10(12)7-9;1-2/h4-7,11H,1-3H3;1-2H3. The molecule has 90 valence electrons. The molecule has 1 atom stereocenters. The van der Waals surface area contributed by atoms with Crippen LogP contribution in [0.4, 0.5) is 0 Å². The largest absolute Gasteiger partial charge is 0.298 e. The molecule has 2 nitrogen and oxygen atoms in total. The first kappa shape index (κ1) is 15.1. The highest BCUT2D eigenvalue weighted by Gasteiger charge is 2.18. The van der Waals surface area contributed by atoms with E-state index in [1.807, 2.05) is 51.0 Å². The van der Waals surface area contributed by atoms with Crippen LogP contribution < -0.4 is 0 Å². The lowest BCUT2D eigenvalue weighted by atomic mass is 10.0. The number of rotatable bonds is 3. The van der Waals surface area contributed by atoms with E-state index >= 15 is 0 Å². The minimum Gasteiger partial charge on any atom is -0.298 e. The summed E-state index contributed by atoms with van der Waals surface area (Å²) in [5.74, 6) is 0.122. The molecule has 0 spiro atoms. The summed E-state index contributed by atoms with van der Waals surface area (Å²) in [6.07, 6.45) is 0. The van der Waals surface area contributed by atoms with Gasteiger partial charge >= 0.3 is 0 Å². The Morgan fingerprint density at radius 2 is 1.88 bits per heavy atom. The Hall–Kier alpha value is -0.860. The van der Waals surface area contributed by atoms with Gasteiger partial charge in [0.1, 0.15) is 0 Å². The van der Waals surface area contributed by atoms with Gasteiger partial charge in [0.05, 0.1) is 6.04 Å². The molecule has 1 unspecified atom stereocenters. The van der Waals surface area contributed by atoms with Crippen molar-refractivity contribution < 1.29 is 4.79 Å². The maximum Gasteiger partial charge on any atom is 0.151 e. The average molecular weight is 242 g/mol. The second-order valence-electron chi connectivity index (χ2n) is 3.53. The molecule has 0 heterocycles. The van der Waals surface area contributed by atoms with Crippen molar-refractivity contribution in [3.63, 3.8) is 0 Å². The third-order valence-electron chi connectivity index (χ3n) is 2.07. The summed E-state index contributed by atoms with van der Waals surface area (Å²) in [5, 5.41) is 0.663. The Bertz CT molecular complexity index is 336. The van der Waals surface area contributed by atoms with Gasteiger partial charge in [-0.25, -0.2) is 0 Å². The number of carbonyl (C=O) groups excluding carboxylic acids is 1. The Morgan fingerprint density at radius 1 is 1.31 bits per heavy atom. The number of nitrogens with zero attached hydrogens (tertiary/aromatic N) is 1. The smallest absolute Gasteiger partial charge is 0.151 e. The van der Waals surface area contributed by atoms with Crippen LogP contribution in [0.25, 0.3) is 0 Å². The fourth-order valence-electron chi connectivity index (χ4n) is 1.57. The van der Waals surface area contributed by atoms with Gasteiger partial charge in [0.25, 0.3) is 0 Å². The normalized spacial score (nSPS) is 11.7. The van der Waals surface area contributed by atoms with Crippen LogP contribution in [0.15, 0.2) is 24.3 Å². The van der Waals surface area contributed by atoms with E-state index in [-0.39, 0.29) is 11.8 Å². The molecule has 0 radical (unpaired) electrons. The van der Waals surface area contributed by atoms with E-state index in [4.69, 9.17) is 11.6 Å². The van der Waals surface area contributed by atoms with Crippen LogP contribution in [0.2, 0.25) is 5.02 Å². The predicted molar refractivity (Wildman–Crippen MR) is 69.9 cm³/mol. The molecule has 0 amide bonds. The maximum absolute atomic E-state index is 11.4. The summed E-state index contributed by atoms with van der Waals surface area (Å²) in [6, 6.07) is 7.20. The van der Waals surface area contributed by atoms with Crippen LogP contribution >= 0.6 is 11.6 Å². The Morgan fingerprint density at radius 3 is 2.25 bits per heavy atom. The van der Waals surface area contributed by atoms with Crippen molar-refractivity contribution in [1.82, 2.24) is 4.90 Å². The van der Waals surface area contributed by atoms with Crippen molar-refractivity contribution in [1.29, 1.82) is 0 Å². The molecular weight excluding hydrogens is 222 g/mol. The summed E-state index contributed by atoms with van der Waals surface area (Å²) in [5.41, 5.74) is 0.940. The molecule has 1 rings (SSSR count). The minimum atomic E-state index is -0.200. The van der Waals surface area contributed by atoms with Crippen molar-refractivity contribution >= 4 is 17.4 Å². The summed E-state index contributed by atoms with van der Waals surface area (Å²) in [6.45, 7) is 5.59. The fraction of sp³-hybridized carbons (Fsp3) is 0.462. The molecule has 0 aromatic heterocycles. The van der Waals surface area contributed by atoms with Gasteiger partial charge in [0.2, 0.25) is 0 Å². The molecule has 3 heteroatoms. The number of benzene rings is 1. The number of ketones is 1. The first-order chi connectivity index (χ1) is 7.52. The number of hydrogen-bond acceptors (Lipinski definition) is 2. The van der Waals surface area contributed by atoms with Gasteiger partial charge in [-0.15, -0.1) is 0 Å². The van der Waals surface area contributed by atoms with E-state index in [2.05, 4.69) is 0 Å². The molecule has 16 heavy (non-hydrogen) atoms. The van der Waals surface area contributed by atoms with Gasteiger partial charge in [-0.3, -0.25) is 9.69 Å². The average Bonchev–Trinajstić information content (AvgIpc) is 2.19. The van der Waals surface area contributed by atoms with Crippen LogP contribution in [0.5, 0.6) is 0 Å². The van der Waals surface area contributed by atoms with Crippen molar-refractivity contribution in [3.05, 3.63) is 34.9 Å². The summed E-state index contributed by atoms with van der Waals surface area (Å²) in [4.78, 5) is 13.3. The van der Waals surface area contributed by atoms with Crippen LogP contribution in [0.3, 0.4) is 0 Å². The molecule has 0 aliphatic carbocycles. The molecular formula is C13H20ClNO. The van der Waals surface area contributed by atoms with Crippen molar-refractivity contribution in [2.45, 2.75) is 26.8 Å². The van der Waals surface area contributed by atoms with Crippen LogP contribution in [-0.2, 0) is 4.79 Å². The van der Waals surface area contributed by atoms with Gasteiger partial charge in [-0.2, -0.15) is 0 Å². The van der Waals surface area contributed by atoms with E-state index in [1.165, 1.54) is 0 Å². The SMILES string of the molecule is CC.CC(=O)C(c1cccc(Cl)c1)N(C)C. The zero-order valence-electron chi connectivity index (χ0n) is 10.6. The topological polar surface area (TPSA) is 20.3 Å². The molecule has 1 aromatic carbocycles. The summed E-state index contributed by atoms with van der Waals surface area (Å²) >= 11 is 5.87. The third-order valence-corrected chi connectivity index (χ3v) is 2.30. The van der Waals surface area contributed by atoms with Crippen LogP contribution in [0.1, 0.15) is 32.4 Å². The van der Waals surface area contributed by atoms with Gasteiger partial charge in [-0.05, 0) is 38.7 Å². The number of hydrogen-bond donors (Lipinski definition) is 0. The van der Waals surface area contributed by atoms with Crippen molar-refractivity contribution in [3.8, 4) is 0 Å². The first-order valence-corrected chi connectivity index (χ1v) is 5.82. The predicted octanol–water partition coefficient (Wildman–Crippen LogP) is 3.56.